The van der Waals surface area contributed by atoms with Crippen molar-refractivity contribution in [1.29, 1.82) is 0 Å². The fourth-order valence-corrected chi connectivity index (χ4v) is 4.20. The van der Waals surface area contributed by atoms with Gasteiger partial charge in [0.25, 0.3) is 0 Å². The molecular formula is C23H31N5O. The number of aryl methyl sites for hydroxylation is 2. The van der Waals surface area contributed by atoms with Crippen molar-refractivity contribution in [3.63, 3.8) is 0 Å². The first kappa shape index (κ1) is 19.7. The van der Waals surface area contributed by atoms with Crippen molar-refractivity contribution >= 4 is 22.7 Å². The molecular weight excluding hydrogens is 362 g/mol. The van der Waals surface area contributed by atoms with E-state index in [0.717, 1.165) is 66.4 Å². The summed E-state index contributed by atoms with van der Waals surface area (Å²) in [4.78, 5) is 11.6. The second-order valence-electron chi connectivity index (χ2n) is 8.29. The van der Waals surface area contributed by atoms with Crippen LogP contribution in [0.3, 0.4) is 0 Å². The minimum atomic E-state index is 0.419. The van der Waals surface area contributed by atoms with Crippen LogP contribution in [0.5, 0.6) is 0 Å². The third-order valence-corrected chi connectivity index (χ3v) is 5.79. The topological polar surface area (TPSA) is 66.2 Å². The molecule has 0 spiro atoms. The maximum absolute atomic E-state index is 5.63. The molecule has 0 saturated heterocycles. The Hall–Kier alpha value is -2.60. The van der Waals surface area contributed by atoms with Gasteiger partial charge in [-0.25, -0.2) is 4.98 Å². The molecule has 1 aliphatic rings. The Kier molecular flexibility index (Phi) is 5.72. The molecule has 0 amide bonds. The van der Waals surface area contributed by atoms with Crippen LogP contribution in [0.4, 0.5) is 11.8 Å². The molecule has 2 aromatic heterocycles. The zero-order valence-electron chi connectivity index (χ0n) is 17.8. The lowest BCUT2D eigenvalue weighted by Gasteiger charge is -2.30. The first-order chi connectivity index (χ1) is 14.0. The van der Waals surface area contributed by atoms with Crippen LogP contribution in [0.2, 0.25) is 0 Å². The third-order valence-electron chi connectivity index (χ3n) is 5.79. The quantitative estimate of drug-likeness (QED) is 0.646. The fraction of sp³-hybridized carbons (Fsp3) is 0.478. The van der Waals surface area contributed by atoms with Crippen LogP contribution >= 0.6 is 0 Å². The SMILES string of the molecule is Cc1cc(CN[C@H]2CC[C@@H](Nc3nc(N(C)C)c4ccccc4n3)CC2)c(C)o1. The lowest BCUT2D eigenvalue weighted by atomic mass is 9.91. The van der Waals surface area contributed by atoms with Gasteiger partial charge in [-0.3, -0.25) is 0 Å². The number of benzene rings is 1. The molecule has 4 rings (SSSR count). The number of rotatable bonds is 6. The van der Waals surface area contributed by atoms with Gasteiger partial charge in [0.2, 0.25) is 5.95 Å². The van der Waals surface area contributed by atoms with Crippen LogP contribution in [-0.4, -0.2) is 36.1 Å². The third kappa shape index (κ3) is 4.53. The van der Waals surface area contributed by atoms with Crippen molar-refractivity contribution in [2.75, 3.05) is 24.3 Å². The zero-order valence-corrected chi connectivity index (χ0v) is 17.8. The van der Waals surface area contributed by atoms with E-state index >= 15 is 0 Å². The summed E-state index contributed by atoms with van der Waals surface area (Å²) in [7, 11) is 4.05. The summed E-state index contributed by atoms with van der Waals surface area (Å²) in [6, 6.07) is 11.3. The van der Waals surface area contributed by atoms with Gasteiger partial charge in [-0.05, 0) is 57.7 Å². The molecule has 1 fully saturated rings. The normalized spacial score (nSPS) is 19.4. The summed E-state index contributed by atoms with van der Waals surface area (Å²) >= 11 is 0. The Labute approximate surface area is 172 Å². The number of fused-ring (bicyclic) bond motifs is 1. The van der Waals surface area contributed by atoms with Gasteiger partial charge in [-0.2, -0.15) is 4.98 Å². The summed E-state index contributed by atoms with van der Waals surface area (Å²) in [6.07, 6.45) is 4.55. The number of aromatic nitrogens is 2. The zero-order chi connectivity index (χ0) is 20.4. The van der Waals surface area contributed by atoms with E-state index < -0.39 is 0 Å². The van der Waals surface area contributed by atoms with Crippen LogP contribution in [-0.2, 0) is 6.54 Å². The number of nitrogens with one attached hydrogen (secondary N) is 2. The second-order valence-corrected chi connectivity index (χ2v) is 8.29. The van der Waals surface area contributed by atoms with Gasteiger partial charge in [-0.1, -0.05) is 12.1 Å². The van der Waals surface area contributed by atoms with Crippen molar-refractivity contribution in [2.45, 2.75) is 58.2 Å². The molecule has 2 heterocycles. The Bertz CT molecular complexity index is 973. The average molecular weight is 394 g/mol. The summed E-state index contributed by atoms with van der Waals surface area (Å²) in [6.45, 7) is 4.92. The number of para-hydroxylation sites is 1. The van der Waals surface area contributed by atoms with Gasteiger partial charge in [0.1, 0.15) is 17.3 Å². The molecule has 154 valence electrons. The molecule has 0 unspecified atom stereocenters. The first-order valence-electron chi connectivity index (χ1n) is 10.5. The van der Waals surface area contributed by atoms with Gasteiger partial charge in [0, 0.05) is 43.7 Å². The highest BCUT2D eigenvalue weighted by Gasteiger charge is 2.22. The van der Waals surface area contributed by atoms with Crippen molar-refractivity contribution in [1.82, 2.24) is 15.3 Å². The number of hydrogen-bond donors (Lipinski definition) is 2. The van der Waals surface area contributed by atoms with Gasteiger partial charge in [0.05, 0.1) is 5.52 Å². The second kappa shape index (κ2) is 8.41. The van der Waals surface area contributed by atoms with E-state index in [1.807, 2.05) is 40.1 Å². The highest BCUT2D eigenvalue weighted by Crippen LogP contribution is 2.26. The van der Waals surface area contributed by atoms with Crippen LogP contribution in [0.1, 0.15) is 42.8 Å². The molecule has 6 nitrogen and oxygen atoms in total. The van der Waals surface area contributed by atoms with E-state index in [1.54, 1.807) is 0 Å². The van der Waals surface area contributed by atoms with E-state index in [1.165, 1.54) is 5.56 Å². The number of furan rings is 1. The van der Waals surface area contributed by atoms with Crippen molar-refractivity contribution in [3.8, 4) is 0 Å². The van der Waals surface area contributed by atoms with Crippen molar-refractivity contribution in [2.24, 2.45) is 0 Å². The predicted octanol–water partition coefficient (Wildman–Crippen LogP) is 4.42. The Balaban J connectivity index is 1.35. The van der Waals surface area contributed by atoms with E-state index in [-0.39, 0.29) is 0 Å². The fourth-order valence-electron chi connectivity index (χ4n) is 4.20. The lowest BCUT2D eigenvalue weighted by Crippen LogP contribution is -2.37. The minimum absolute atomic E-state index is 0.419. The molecule has 29 heavy (non-hydrogen) atoms. The van der Waals surface area contributed by atoms with Gasteiger partial charge >= 0.3 is 0 Å². The highest BCUT2D eigenvalue weighted by atomic mass is 16.3. The average Bonchev–Trinajstić information content (AvgIpc) is 3.03. The minimum Gasteiger partial charge on any atom is -0.466 e. The van der Waals surface area contributed by atoms with E-state index in [2.05, 4.69) is 33.7 Å². The van der Waals surface area contributed by atoms with Crippen LogP contribution < -0.4 is 15.5 Å². The van der Waals surface area contributed by atoms with Gasteiger partial charge in [0.15, 0.2) is 0 Å². The molecule has 0 aliphatic heterocycles. The van der Waals surface area contributed by atoms with Crippen LogP contribution in [0.25, 0.3) is 10.9 Å². The van der Waals surface area contributed by atoms with E-state index in [0.29, 0.717) is 12.1 Å². The van der Waals surface area contributed by atoms with Crippen molar-refractivity contribution < 1.29 is 4.42 Å². The molecule has 1 aliphatic carbocycles. The molecule has 1 aromatic carbocycles. The van der Waals surface area contributed by atoms with E-state index in [9.17, 15) is 0 Å². The molecule has 0 atom stereocenters. The Morgan fingerprint density at radius 1 is 1.03 bits per heavy atom. The Morgan fingerprint density at radius 3 is 2.45 bits per heavy atom. The standard InChI is InChI=1S/C23H31N5O/c1-15-13-17(16(2)29-15)14-24-18-9-11-19(12-10-18)25-23-26-21-8-6-5-7-20(21)22(27-23)28(3)4/h5-8,13,18-19,24H,9-12,14H2,1-4H3,(H,25,26,27)/t18-,19+. The Morgan fingerprint density at radius 2 is 1.76 bits per heavy atom. The highest BCUT2D eigenvalue weighted by molar-refractivity contribution is 5.90. The molecule has 0 radical (unpaired) electrons. The lowest BCUT2D eigenvalue weighted by molar-refractivity contribution is 0.351. The summed E-state index contributed by atoms with van der Waals surface area (Å²) < 4.78 is 5.63. The van der Waals surface area contributed by atoms with Crippen LogP contribution in [0.15, 0.2) is 34.7 Å². The molecule has 1 saturated carbocycles. The number of nitrogens with zero attached hydrogens (tertiary/aromatic N) is 3. The molecule has 0 bridgehead atoms. The number of anilines is 2. The molecule has 3 aromatic rings. The molecule has 6 heteroatoms. The largest absolute Gasteiger partial charge is 0.466 e. The molecule has 2 N–H and O–H groups in total. The maximum Gasteiger partial charge on any atom is 0.225 e. The predicted molar refractivity (Wildman–Crippen MR) is 119 cm³/mol. The van der Waals surface area contributed by atoms with E-state index in [4.69, 9.17) is 14.4 Å². The first-order valence-corrected chi connectivity index (χ1v) is 10.5. The van der Waals surface area contributed by atoms with Gasteiger partial charge in [-0.15, -0.1) is 0 Å². The maximum atomic E-state index is 5.63. The summed E-state index contributed by atoms with van der Waals surface area (Å²) in [5, 5.41) is 8.37. The number of hydrogen-bond acceptors (Lipinski definition) is 6. The van der Waals surface area contributed by atoms with Crippen LogP contribution in [0, 0.1) is 13.8 Å². The smallest absolute Gasteiger partial charge is 0.225 e. The van der Waals surface area contributed by atoms with Crippen molar-refractivity contribution in [3.05, 3.63) is 47.4 Å². The van der Waals surface area contributed by atoms with Gasteiger partial charge < -0.3 is 20.0 Å². The summed E-state index contributed by atoms with van der Waals surface area (Å²) in [5.41, 5.74) is 2.25. The summed E-state index contributed by atoms with van der Waals surface area (Å²) in [5.74, 6) is 3.70. The monoisotopic (exact) mass is 393 g/mol.